The average molecular weight is 597 g/mol. The first kappa shape index (κ1) is 29.4. The summed E-state index contributed by atoms with van der Waals surface area (Å²) in [6, 6.07) is 13.4. The fourth-order valence-corrected chi connectivity index (χ4v) is 4.89. The van der Waals surface area contributed by atoms with Gasteiger partial charge in [-0.1, -0.05) is 18.2 Å². The van der Waals surface area contributed by atoms with Gasteiger partial charge in [0.15, 0.2) is 0 Å². The maximum absolute atomic E-state index is 14.2. The van der Waals surface area contributed by atoms with Crippen LogP contribution in [0.5, 0.6) is 0 Å². The Balaban J connectivity index is 1.52. The van der Waals surface area contributed by atoms with Crippen LogP contribution in [0.2, 0.25) is 0 Å². The van der Waals surface area contributed by atoms with Crippen LogP contribution in [0.1, 0.15) is 33.2 Å². The summed E-state index contributed by atoms with van der Waals surface area (Å²) in [5.74, 6) is -4.16. The minimum absolute atomic E-state index is 0.140. The van der Waals surface area contributed by atoms with Crippen LogP contribution in [0.3, 0.4) is 0 Å². The SMILES string of the molecule is NC(=O)c1cc(-c2cccnc2[C@H](Cc2cc(F)cc(F)c2)NC(=O)Cn2ccc3ccc(C(F)(F)F)cc32)ccc1F. The zero-order chi connectivity index (χ0) is 30.9. The first-order chi connectivity index (χ1) is 20.4. The molecule has 3 aromatic carbocycles. The highest BCUT2D eigenvalue weighted by Crippen LogP contribution is 2.33. The molecule has 0 aliphatic heterocycles. The number of amides is 2. The third-order valence-electron chi connectivity index (χ3n) is 6.82. The molecule has 0 saturated carbocycles. The number of nitrogens with two attached hydrogens (primary N) is 1. The molecule has 0 spiro atoms. The van der Waals surface area contributed by atoms with Crippen LogP contribution in [-0.4, -0.2) is 21.4 Å². The monoisotopic (exact) mass is 596 g/mol. The van der Waals surface area contributed by atoms with Crippen molar-refractivity contribution in [3.05, 3.63) is 125 Å². The molecule has 0 unspecified atom stereocenters. The van der Waals surface area contributed by atoms with Crippen molar-refractivity contribution >= 4 is 22.7 Å². The Morgan fingerprint density at radius 1 is 0.930 bits per heavy atom. The van der Waals surface area contributed by atoms with Crippen molar-refractivity contribution in [2.24, 2.45) is 5.73 Å². The second-order valence-electron chi connectivity index (χ2n) is 9.81. The van der Waals surface area contributed by atoms with E-state index in [0.29, 0.717) is 22.6 Å². The highest BCUT2D eigenvalue weighted by atomic mass is 19.4. The molecule has 0 aliphatic carbocycles. The van der Waals surface area contributed by atoms with Gasteiger partial charge in [0, 0.05) is 29.5 Å². The zero-order valence-corrected chi connectivity index (χ0v) is 22.1. The van der Waals surface area contributed by atoms with Gasteiger partial charge in [-0.15, -0.1) is 0 Å². The van der Waals surface area contributed by atoms with Crippen molar-refractivity contribution in [2.45, 2.75) is 25.2 Å². The molecular formula is C31H22F6N4O2. The van der Waals surface area contributed by atoms with E-state index in [0.717, 1.165) is 30.3 Å². The summed E-state index contributed by atoms with van der Waals surface area (Å²) in [5.41, 5.74) is 5.33. The molecule has 2 aromatic heterocycles. The number of pyridine rings is 1. The molecule has 2 heterocycles. The molecule has 6 nitrogen and oxygen atoms in total. The lowest BCUT2D eigenvalue weighted by Gasteiger charge is -2.22. The van der Waals surface area contributed by atoms with E-state index in [1.807, 2.05) is 0 Å². The zero-order valence-electron chi connectivity index (χ0n) is 22.1. The average Bonchev–Trinajstić information content (AvgIpc) is 3.33. The molecule has 0 saturated heterocycles. The van der Waals surface area contributed by atoms with Gasteiger partial charge >= 0.3 is 6.18 Å². The molecule has 12 heteroatoms. The van der Waals surface area contributed by atoms with Gasteiger partial charge in [0.25, 0.3) is 5.91 Å². The third-order valence-corrected chi connectivity index (χ3v) is 6.82. The standard InChI is InChI=1S/C31H22F6N4O2/c32-21-10-17(11-22(33)15-21)12-26(29-23(2-1-8-39-29)19-4-6-25(34)24(13-19)30(38)43)40-28(42)16-41-9-7-18-3-5-20(14-27(18)41)31(35,36)37/h1-11,13-15,26H,12,16H2,(H2,38,43)(H,40,42)/t26-/m0/s1. The maximum atomic E-state index is 14.2. The number of benzene rings is 3. The van der Waals surface area contributed by atoms with Gasteiger partial charge in [0.2, 0.25) is 5.91 Å². The lowest BCUT2D eigenvalue weighted by molar-refractivity contribution is -0.137. The molecule has 1 atom stereocenters. The predicted octanol–water partition coefficient (Wildman–Crippen LogP) is 6.34. The molecule has 0 radical (unpaired) electrons. The molecular weight excluding hydrogens is 574 g/mol. The van der Waals surface area contributed by atoms with Crippen LogP contribution in [0, 0.1) is 17.5 Å². The number of nitrogens with zero attached hydrogens (tertiary/aromatic N) is 2. The highest BCUT2D eigenvalue weighted by Gasteiger charge is 2.31. The topological polar surface area (TPSA) is 90.0 Å². The van der Waals surface area contributed by atoms with Crippen molar-refractivity contribution in [1.29, 1.82) is 0 Å². The Hall–Kier alpha value is -5.13. The molecule has 0 bridgehead atoms. The molecule has 43 heavy (non-hydrogen) atoms. The van der Waals surface area contributed by atoms with E-state index in [2.05, 4.69) is 10.3 Å². The quantitative estimate of drug-likeness (QED) is 0.205. The van der Waals surface area contributed by atoms with E-state index in [1.54, 1.807) is 18.2 Å². The summed E-state index contributed by atoms with van der Waals surface area (Å²) in [6.07, 6.45) is -1.84. The number of fused-ring (bicyclic) bond motifs is 1. The van der Waals surface area contributed by atoms with Gasteiger partial charge in [0.1, 0.15) is 24.0 Å². The smallest absolute Gasteiger partial charge is 0.366 e. The number of primary amides is 1. The van der Waals surface area contributed by atoms with Crippen LogP contribution < -0.4 is 11.1 Å². The van der Waals surface area contributed by atoms with Crippen LogP contribution in [0.4, 0.5) is 26.3 Å². The number of carbonyl (C=O) groups excluding carboxylic acids is 2. The van der Waals surface area contributed by atoms with Gasteiger partial charge in [-0.3, -0.25) is 14.6 Å². The van der Waals surface area contributed by atoms with E-state index in [4.69, 9.17) is 5.73 Å². The number of rotatable bonds is 8. The van der Waals surface area contributed by atoms with Gasteiger partial charge in [0.05, 0.1) is 22.9 Å². The van der Waals surface area contributed by atoms with Crippen molar-refractivity contribution in [3.63, 3.8) is 0 Å². The highest BCUT2D eigenvalue weighted by molar-refractivity contribution is 5.94. The van der Waals surface area contributed by atoms with E-state index in [9.17, 15) is 35.9 Å². The molecule has 0 aliphatic rings. The second kappa shape index (κ2) is 11.6. The van der Waals surface area contributed by atoms with Gasteiger partial charge in [-0.25, -0.2) is 13.2 Å². The summed E-state index contributed by atoms with van der Waals surface area (Å²) in [6.45, 7) is -0.386. The Bertz CT molecular complexity index is 1830. The Labute approximate surface area is 240 Å². The summed E-state index contributed by atoms with van der Waals surface area (Å²) in [7, 11) is 0. The second-order valence-corrected chi connectivity index (χ2v) is 9.81. The largest absolute Gasteiger partial charge is 0.416 e. The van der Waals surface area contributed by atoms with E-state index < -0.39 is 47.0 Å². The van der Waals surface area contributed by atoms with Crippen LogP contribution in [0.15, 0.2) is 85.2 Å². The number of nitrogens with one attached hydrogen (secondary N) is 1. The molecule has 0 fully saturated rings. The molecule has 5 aromatic rings. The van der Waals surface area contributed by atoms with Crippen molar-refractivity contribution in [1.82, 2.24) is 14.9 Å². The van der Waals surface area contributed by atoms with Crippen molar-refractivity contribution < 1.29 is 35.9 Å². The number of aromatic nitrogens is 2. The van der Waals surface area contributed by atoms with Gasteiger partial charge in [-0.2, -0.15) is 13.2 Å². The first-order valence-electron chi connectivity index (χ1n) is 12.8. The molecule has 3 N–H and O–H groups in total. The van der Waals surface area contributed by atoms with E-state index in [-0.39, 0.29) is 35.3 Å². The Morgan fingerprint density at radius 2 is 1.67 bits per heavy atom. The predicted molar refractivity (Wildman–Crippen MR) is 146 cm³/mol. The van der Waals surface area contributed by atoms with Crippen LogP contribution >= 0.6 is 0 Å². The summed E-state index contributed by atoms with van der Waals surface area (Å²) >= 11 is 0. The minimum Gasteiger partial charge on any atom is -0.366 e. The Kier molecular flexibility index (Phi) is 7.94. The van der Waals surface area contributed by atoms with Crippen molar-refractivity contribution in [3.8, 4) is 11.1 Å². The summed E-state index contributed by atoms with van der Waals surface area (Å²) in [5, 5.41) is 3.26. The van der Waals surface area contributed by atoms with E-state index >= 15 is 0 Å². The maximum Gasteiger partial charge on any atom is 0.416 e. The van der Waals surface area contributed by atoms with Gasteiger partial charge in [-0.05, 0) is 71.5 Å². The van der Waals surface area contributed by atoms with Crippen LogP contribution in [0.25, 0.3) is 22.0 Å². The number of hydrogen-bond acceptors (Lipinski definition) is 3. The number of alkyl halides is 3. The molecule has 2 amide bonds. The van der Waals surface area contributed by atoms with Crippen LogP contribution in [-0.2, 0) is 23.9 Å². The fourth-order valence-electron chi connectivity index (χ4n) is 4.89. The summed E-state index contributed by atoms with van der Waals surface area (Å²) < 4.78 is 83.6. The lowest BCUT2D eigenvalue weighted by Crippen LogP contribution is -2.33. The summed E-state index contributed by atoms with van der Waals surface area (Å²) in [4.78, 5) is 29.5. The number of hydrogen-bond donors (Lipinski definition) is 2. The Morgan fingerprint density at radius 3 is 2.37 bits per heavy atom. The van der Waals surface area contributed by atoms with E-state index in [1.165, 1.54) is 35.2 Å². The minimum atomic E-state index is -4.58. The van der Waals surface area contributed by atoms with Crippen molar-refractivity contribution in [2.75, 3.05) is 0 Å². The normalized spacial score (nSPS) is 12.3. The lowest BCUT2D eigenvalue weighted by atomic mass is 9.94. The third kappa shape index (κ3) is 6.53. The molecule has 220 valence electrons. The molecule has 5 rings (SSSR count). The number of halogens is 6. The first-order valence-corrected chi connectivity index (χ1v) is 12.8. The number of carbonyl (C=O) groups is 2. The van der Waals surface area contributed by atoms with Gasteiger partial charge < -0.3 is 15.6 Å². The fraction of sp³-hybridized carbons (Fsp3) is 0.129.